The van der Waals surface area contributed by atoms with Gasteiger partial charge in [-0.3, -0.25) is 0 Å². The second kappa shape index (κ2) is 3.67. The Morgan fingerprint density at radius 3 is 2.57 bits per heavy atom. The summed E-state index contributed by atoms with van der Waals surface area (Å²) in [7, 11) is 0. The average molecular weight is 210 g/mol. The van der Waals surface area contributed by atoms with Gasteiger partial charge >= 0.3 is 0 Å². The van der Waals surface area contributed by atoms with Crippen molar-refractivity contribution in [2.24, 2.45) is 5.92 Å². The summed E-state index contributed by atoms with van der Waals surface area (Å²) < 4.78 is 0. The van der Waals surface area contributed by atoms with Crippen LogP contribution >= 0.6 is 11.3 Å². The highest BCUT2D eigenvalue weighted by molar-refractivity contribution is 7.12. The summed E-state index contributed by atoms with van der Waals surface area (Å²) in [6.07, 6.45) is 3.93. The van der Waals surface area contributed by atoms with Crippen molar-refractivity contribution in [1.82, 2.24) is 0 Å². The Hall–Kier alpha value is -0.340. The van der Waals surface area contributed by atoms with Crippen LogP contribution < -0.4 is 0 Å². The average Bonchev–Trinajstić information content (AvgIpc) is 2.49. The molecule has 0 saturated heterocycles. The molecule has 0 atom stereocenters. The molecular weight excluding hydrogens is 192 g/mol. The topological polar surface area (TPSA) is 20.2 Å². The molecule has 0 amide bonds. The minimum Gasteiger partial charge on any atom is -0.389 e. The van der Waals surface area contributed by atoms with E-state index < -0.39 is 0 Å². The van der Waals surface area contributed by atoms with E-state index in [-0.39, 0.29) is 5.60 Å². The van der Waals surface area contributed by atoms with Gasteiger partial charge in [-0.2, -0.15) is 0 Å². The molecule has 1 aromatic rings. The molecule has 1 saturated carbocycles. The van der Waals surface area contributed by atoms with Crippen molar-refractivity contribution < 1.29 is 5.11 Å². The monoisotopic (exact) mass is 210 g/mol. The molecule has 0 aromatic carbocycles. The van der Waals surface area contributed by atoms with Crippen LogP contribution in [0.25, 0.3) is 0 Å². The van der Waals surface area contributed by atoms with Gasteiger partial charge in [0.15, 0.2) is 0 Å². The Bertz CT molecular complexity index is 310. The zero-order valence-electron chi connectivity index (χ0n) is 8.92. The zero-order chi connectivity index (χ0) is 10.2. The first kappa shape index (κ1) is 10.2. The van der Waals surface area contributed by atoms with Gasteiger partial charge in [-0.25, -0.2) is 0 Å². The highest BCUT2D eigenvalue weighted by Gasteiger charge is 2.40. The number of hydrogen-bond acceptors (Lipinski definition) is 2. The van der Waals surface area contributed by atoms with E-state index in [1.54, 1.807) is 0 Å². The Morgan fingerprint density at radius 1 is 1.43 bits per heavy atom. The van der Waals surface area contributed by atoms with Crippen LogP contribution in [0.15, 0.2) is 12.1 Å². The summed E-state index contributed by atoms with van der Waals surface area (Å²) in [4.78, 5) is 2.77. The third kappa shape index (κ3) is 2.01. The smallest absolute Gasteiger partial charge is 0.0701 e. The molecule has 1 fully saturated rings. The molecular formula is C12H18OS. The van der Waals surface area contributed by atoms with Gasteiger partial charge in [0.05, 0.1) is 5.60 Å². The Morgan fingerprint density at radius 2 is 2.07 bits per heavy atom. The molecule has 2 rings (SSSR count). The van der Waals surface area contributed by atoms with Crippen molar-refractivity contribution in [3.05, 3.63) is 21.9 Å². The maximum absolute atomic E-state index is 10.1. The fourth-order valence-electron chi connectivity index (χ4n) is 2.41. The van der Waals surface area contributed by atoms with E-state index in [0.29, 0.717) is 5.92 Å². The molecule has 1 nitrogen and oxygen atoms in total. The number of aryl methyl sites for hydroxylation is 1. The summed E-state index contributed by atoms with van der Waals surface area (Å²) in [5, 5.41) is 10.1. The first-order valence-corrected chi connectivity index (χ1v) is 6.23. The molecule has 2 heteroatoms. The quantitative estimate of drug-likeness (QED) is 0.813. The Labute approximate surface area is 89.8 Å². The second-order valence-corrected chi connectivity index (χ2v) is 5.89. The van der Waals surface area contributed by atoms with Gasteiger partial charge in [0.1, 0.15) is 0 Å². The van der Waals surface area contributed by atoms with E-state index in [9.17, 15) is 5.11 Å². The van der Waals surface area contributed by atoms with Gasteiger partial charge in [0.25, 0.3) is 0 Å². The SMILES string of the molecule is CCc1ccc(CC2(O)CC(C)C2)s1. The van der Waals surface area contributed by atoms with Crippen LogP contribution in [0, 0.1) is 5.92 Å². The normalized spacial score (nSPS) is 31.5. The van der Waals surface area contributed by atoms with Crippen LogP contribution in [-0.2, 0) is 12.8 Å². The molecule has 1 N–H and O–H groups in total. The lowest BCUT2D eigenvalue weighted by Gasteiger charge is -2.42. The van der Waals surface area contributed by atoms with E-state index in [1.165, 1.54) is 9.75 Å². The standard InChI is InChI=1S/C12H18OS/c1-3-10-4-5-11(14-10)8-12(13)6-9(2)7-12/h4-5,9,13H,3,6-8H2,1-2H3. The summed E-state index contributed by atoms with van der Waals surface area (Å²) in [5.74, 6) is 0.714. The van der Waals surface area contributed by atoms with Crippen molar-refractivity contribution in [3.8, 4) is 0 Å². The lowest BCUT2D eigenvalue weighted by atomic mass is 9.70. The summed E-state index contributed by atoms with van der Waals surface area (Å²) in [6.45, 7) is 4.39. The highest BCUT2D eigenvalue weighted by Crippen LogP contribution is 2.40. The summed E-state index contributed by atoms with van der Waals surface area (Å²) in [5.41, 5.74) is -0.380. The Balaban J connectivity index is 1.97. The number of aliphatic hydroxyl groups is 1. The molecule has 1 heterocycles. The zero-order valence-corrected chi connectivity index (χ0v) is 9.73. The fourth-order valence-corrected chi connectivity index (χ4v) is 3.51. The molecule has 0 radical (unpaired) electrons. The van der Waals surface area contributed by atoms with Gasteiger partial charge in [-0.05, 0) is 37.3 Å². The molecule has 1 aliphatic carbocycles. The lowest BCUT2D eigenvalue weighted by Crippen LogP contribution is -2.44. The molecule has 0 aliphatic heterocycles. The minimum atomic E-state index is -0.380. The maximum atomic E-state index is 10.1. The van der Waals surface area contributed by atoms with E-state index in [2.05, 4.69) is 26.0 Å². The first-order chi connectivity index (χ1) is 6.61. The van der Waals surface area contributed by atoms with Gasteiger partial charge < -0.3 is 5.11 Å². The van der Waals surface area contributed by atoms with Crippen LogP contribution in [0.5, 0.6) is 0 Å². The van der Waals surface area contributed by atoms with Gasteiger partial charge in [0, 0.05) is 16.2 Å². The van der Waals surface area contributed by atoms with E-state index in [0.717, 1.165) is 25.7 Å². The lowest BCUT2D eigenvalue weighted by molar-refractivity contribution is -0.0660. The van der Waals surface area contributed by atoms with Crippen molar-refractivity contribution in [1.29, 1.82) is 0 Å². The molecule has 78 valence electrons. The van der Waals surface area contributed by atoms with Crippen LogP contribution in [0.3, 0.4) is 0 Å². The third-order valence-electron chi connectivity index (χ3n) is 3.03. The predicted octanol–water partition coefficient (Wildman–Crippen LogP) is 3.01. The molecule has 1 aromatic heterocycles. The number of thiophene rings is 1. The summed E-state index contributed by atoms with van der Waals surface area (Å²) in [6, 6.07) is 4.36. The number of rotatable bonds is 3. The van der Waals surface area contributed by atoms with Gasteiger partial charge in [-0.1, -0.05) is 13.8 Å². The predicted molar refractivity (Wildman–Crippen MR) is 60.7 cm³/mol. The van der Waals surface area contributed by atoms with Gasteiger partial charge in [0.2, 0.25) is 0 Å². The number of hydrogen-bond donors (Lipinski definition) is 1. The van der Waals surface area contributed by atoms with Crippen LogP contribution in [0.2, 0.25) is 0 Å². The van der Waals surface area contributed by atoms with E-state index in [4.69, 9.17) is 0 Å². The molecule has 0 spiro atoms. The molecule has 14 heavy (non-hydrogen) atoms. The Kier molecular flexibility index (Phi) is 2.67. The van der Waals surface area contributed by atoms with Crippen molar-refractivity contribution in [3.63, 3.8) is 0 Å². The largest absolute Gasteiger partial charge is 0.389 e. The third-order valence-corrected chi connectivity index (χ3v) is 4.26. The maximum Gasteiger partial charge on any atom is 0.0701 e. The van der Waals surface area contributed by atoms with Crippen LogP contribution in [0.4, 0.5) is 0 Å². The van der Waals surface area contributed by atoms with Crippen molar-refractivity contribution in [2.75, 3.05) is 0 Å². The van der Waals surface area contributed by atoms with Crippen molar-refractivity contribution >= 4 is 11.3 Å². The first-order valence-electron chi connectivity index (χ1n) is 5.41. The summed E-state index contributed by atoms with van der Waals surface area (Å²) >= 11 is 1.85. The van der Waals surface area contributed by atoms with E-state index >= 15 is 0 Å². The second-order valence-electron chi connectivity index (χ2n) is 4.64. The van der Waals surface area contributed by atoms with E-state index in [1.807, 2.05) is 11.3 Å². The van der Waals surface area contributed by atoms with Crippen LogP contribution in [0.1, 0.15) is 36.4 Å². The van der Waals surface area contributed by atoms with Crippen LogP contribution in [-0.4, -0.2) is 10.7 Å². The van der Waals surface area contributed by atoms with Gasteiger partial charge in [-0.15, -0.1) is 11.3 Å². The molecule has 1 aliphatic rings. The minimum absolute atomic E-state index is 0.380. The highest BCUT2D eigenvalue weighted by atomic mass is 32.1. The van der Waals surface area contributed by atoms with Crippen molar-refractivity contribution in [2.45, 2.75) is 45.1 Å². The molecule has 0 bridgehead atoms. The fraction of sp³-hybridized carbons (Fsp3) is 0.667. The molecule has 0 unspecified atom stereocenters.